The van der Waals surface area contributed by atoms with Crippen LogP contribution in [0.15, 0.2) is 59.5 Å². The number of amides is 1. The molecule has 4 rings (SSSR count). The van der Waals surface area contributed by atoms with Crippen LogP contribution >= 0.6 is 0 Å². The van der Waals surface area contributed by atoms with Crippen molar-refractivity contribution in [2.45, 2.75) is 24.3 Å². The third-order valence-corrected chi connectivity index (χ3v) is 6.74. The second-order valence-corrected chi connectivity index (χ2v) is 8.87. The number of rotatable bonds is 4. The van der Waals surface area contributed by atoms with E-state index in [4.69, 9.17) is 9.92 Å². The molecule has 1 atom stereocenters. The second-order valence-electron chi connectivity index (χ2n) is 7.36. The van der Waals surface area contributed by atoms with E-state index in [0.29, 0.717) is 17.5 Å². The molecule has 1 heterocycles. The fourth-order valence-corrected chi connectivity index (χ4v) is 5.08. The van der Waals surface area contributed by atoms with Gasteiger partial charge in [0.2, 0.25) is 5.91 Å². The molecule has 1 unspecified atom stereocenters. The number of nitrogens with zero attached hydrogens (tertiary/aromatic N) is 1. The van der Waals surface area contributed by atoms with Gasteiger partial charge in [0.15, 0.2) is 0 Å². The highest BCUT2D eigenvalue weighted by Gasteiger charge is 2.30. The van der Waals surface area contributed by atoms with Gasteiger partial charge in [-0.2, -0.15) is 8.42 Å². The molecule has 150 valence electrons. The predicted octanol–water partition coefficient (Wildman–Crippen LogP) is 2.93. The fourth-order valence-electron chi connectivity index (χ4n) is 3.95. The minimum absolute atomic E-state index is 0.111. The van der Waals surface area contributed by atoms with Crippen LogP contribution in [0, 0.1) is 6.92 Å². The molecular weight excluding hydrogens is 388 g/mol. The minimum Gasteiger partial charge on any atom is -0.379 e. The number of primary amides is 1. The van der Waals surface area contributed by atoms with Crippen LogP contribution < -0.4 is 9.92 Å². The molecule has 1 aliphatic heterocycles. The number of carbonyl (C=O) groups excluding carboxylic acids is 1. The Morgan fingerprint density at radius 3 is 2.55 bits per heavy atom. The molecule has 6 nitrogen and oxygen atoms in total. The largest absolute Gasteiger partial charge is 0.379 e. The maximum absolute atomic E-state index is 13.1. The van der Waals surface area contributed by atoms with E-state index >= 15 is 0 Å². The normalized spacial score (nSPS) is 17.1. The Kier molecular flexibility index (Phi) is 4.80. The van der Waals surface area contributed by atoms with Crippen molar-refractivity contribution in [1.82, 2.24) is 4.90 Å². The van der Waals surface area contributed by atoms with E-state index in [2.05, 4.69) is 0 Å². The van der Waals surface area contributed by atoms with Gasteiger partial charge in [-0.15, -0.1) is 0 Å². The van der Waals surface area contributed by atoms with Crippen molar-refractivity contribution in [3.05, 3.63) is 71.3 Å². The fraction of sp³-hybridized carbons (Fsp3) is 0.227. The summed E-state index contributed by atoms with van der Waals surface area (Å²) in [5.41, 5.74) is 8.22. The topological polar surface area (TPSA) is 89.7 Å². The lowest BCUT2D eigenvalue weighted by molar-refractivity contribution is -0.123. The van der Waals surface area contributed by atoms with Gasteiger partial charge in [0.25, 0.3) is 0 Å². The van der Waals surface area contributed by atoms with Gasteiger partial charge >= 0.3 is 10.1 Å². The summed E-state index contributed by atoms with van der Waals surface area (Å²) in [6, 6.07) is 15.1. The van der Waals surface area contributed by atoms with Crippen molar-refractivity contribution in [2.75, 3.05) is 13.6 Å². The molecule has 0 saturated carbocycles. The van der Waals surface area contributed by atoms with E-state index in [1.165, 1.54) is 0 Å². The van der Waals surface area contributed by atoms with Crippen LogP contribution in [0.4, 0.5) is 0 Å². The number of benzene rings is 3. The molecular formula is C22H22N2O4S. The monoisotopic (exact) mass is 410 g/mol. The summed E-state index contributed by atoms with van der Waals surface area (Å²) >= 11 is 0. The smallest absolute Gasteiger partial charge is 0.339 e. The number of carbonyl (C=O) groups is 1. The summed E-state index contributed by atoms with van der Waals surface area (Å²) in [4.78, 5) is 13.9. The zero-order valence-corrected chi connectivity index (χ0v) is 17.1. The van der Waals surface area contributed by atoms with Gasteiger partial charge in [-0.1, -0.05) is 36.4 Å². The molecule has 29 heavy (non-hydrogen) atoms. The van der Waals surface area contributed by atoms with Crippen LogP contribution in [0.25, 0.3) is 10.8 Å². The molecule has 0 bridgehead atoms. The zero-order valence-electron chi connectivity index (χ0n) is 16.3. The Labute approximate surface area is 170 Å². The highest BCUT2D eigenvalue weighted by Crippen LogP contribution is 2.33. The van der Waals surface area contributed by atoms with Crippen LogP contribution in [-0.4, -0.2) is 32.8 Å². The Bertz CT molecular complexity index is 1220. The predicted molar refractivity (Wildman–Crippen MR) is 111 cm³/mol. The van der Waals surface area contributed by atoms with Crippen molar-refractivity contribution in [3.8, 4) is 5.75 Å². The first-order chi connectivity index (χ1) is 13.8. The maximum atomic E-state index is 13.1. The van der Waals surface area contributed by atoms with E-state index in [1.807, 2.05) is 31.0 Å². The van der Waals surface area contributed by atoms with Crippen molar-refractivity contribution in [2.24, 2.45) is 5.73 Å². The van der Waals surface area contributed by atoms with Crippen molar-refractivity contribution < 1.29 is 17.4 Å². The number of aryl methyl sites for hydroxylation is 1. The maximum Gasteiger partial charge on any atom is 0.339 e. The quantitative estimate of drug-likeness (QED) is 0.668. The number of hydrogen-bond donors (Lipinski definition) is 1. The number of likely N-dealkylation sites (N-methyl/N-ethyl adjacent to an activating group) is 1. The molecule has 0 aromatic heterocycles. The summed E-state index contributed by atoms with van der Waals surface area (Å²) in [5.74, 6) is -0.312. The molecule has 3 aromatic carbocycles. The summed E-state index contributed by atoms with van der Waals surface area (Å²) in [6.07, 6.45) is 0.755. The van der Waals surface area contributed by atoms with Crippen LogP contribution in [0.1, 0.15) is 22.7 Å². The molecule has 0 fully saturated rings. The second kappa shape index (κ2) is 7.17. The van der Waals surface area contributed by atoms with E-state index in [0.717, 1.165) is 22.9 Å². The van der Waals surface area contributed by atoms with Gasteiger partial charge in [0.05, 0.1) is 0 Å². The van der Waals surface area contributed by atoms with Gasteiger partial charge in [0.1, 0.15) is 16.7 Å². The molecule has 7 heteroatoms. The average Bonchev–Trinajstić information content (AvgIpc) is 2.67. The first kappa shape index (κ1) is 19.4. The molecule has 0 saturated heterocycles. The van der Waals surface area contributed by atoms with Crippen LogP contribution in [-0.2, 0) is 21.3 Å². The zero-order chi connectivity index (χ0) is 20.8. The average molecular weight is 410 g/mol. The highest BCUT2D eigenvalue weighted by atomic mass is 32.2. The Morgan fingerprint density at radius 2 is 1.83 bits per heavy atom. The Morgan fingerprint density at radius 1 is 1.10 bits per heavy atom. The third-order valence-electron chi connectivity index (χ3n) is 5.43. The Hall–Kier alpha value is -2.90. The van der Waals surface area contributed by atoms with E-state index in [1.54, 1.807) is 42.5 Å². The Balaban J connectivity index is 1.75. The molecule has 0 spiro atoms. The number of nitrogens with two attached hydrogens (primary N) is 1. The molecule has 3 aromatic rings. The SMILES string of the molecule is Cc1ccc(S(=O)(=O)Oc2ccc3c(c2)C(C(N)=O)N(C)CC3)c2ccccc12. The lowest BCUT2D eigenvalue weighted by atomic mass is 9.92. The van der Waals surface area contributed by atoms with E-state index in [9.17, 15) is 13.2 Å². The number of fused-ring (bicyclic) bond motifs is 2. The van der Waals surface area contributed by atoms with Crippen molar-refractivity contribution >= 4 is 26.8 Å². The summed E-state index contributed by atoms with van der Waals surface area (Å²) in [6.45, 7) is 2.64. The van der Waals surface area contributed by atoms with Gasteiger partial charge in [-0.05, 0) is 60.7 Å². The van der Waals surface area contributed by atoms with Crippen LogP contribution in [0.5, 0.6) is 5.75 Å². The number of hydrogen-bond acceptors (Lipinski definition) is 5. The summed E-state index contributed by atoms with van der Waals surface area (Å²) in [5, 5.41) is 1.47. The standard InChI is InChI=1S/C22H22N2O4S/c1-14-7-10-20(18-6-4-3-5-17(14)18)29(26,27)28-16-9-8-15-11-12-24(2)21(22(23)25)19(15)13-16/h3-10,13,21H,11-12H2,1-2H3,(H2,23,25). The van der Waals surface area contributed by atoms with Crippen LogP contribution in [0.2, 0.25) is 0 Å². The van der Waals surface area contributed by atoms with Gasteiger partial charge in [0, 0.05) is 11.9 Å². The molecule has 0 radical (unpaired) electrons. The first-order valence-electron chi connectivity index (χ1n) is 9.33. The van der Waals surface area contributed by atoms with Crippen molar-refractivity contribution in [3.63, 3.8) is 0 Å². The van der Waals surface area contributed by atoms with Crippen molar-refractivity contribution in [1.29, 1.82) is 0 Å². The lowest BCUT2D eigenvalue weighted by Crippen LogP contribution is -2.40. The van der Waals surface area contributed by atoms with E-state index in [-0.39, 0.29) is 10.6 Å². The lowest BCUT2D eigenvalue weighted by Gasteiger charge is -2.32. The van der Waals surface area contributed by atoms with Gasteiger partial charge in [-0.3, -0.25) is 9.69 Å². The first-order valence-corrected chi connectivity index (χ1v) is 10.7. The third kappa shape index (κ3) is 3.47. The van der Waals surface area contributed by atoms with Crippen LogP contribution in [0.3, 0.4) is 0 Å². The minimum atomic E-state index is -4.06. The summed E-state index contributed by atoms with van der Waals surface area (Å²) in [7, 11) is -2.24. The summed E-state index contributed by atoms with van der Waals surface area (Å²) < 4.78 is 31.6. The van der Waals surface area contributed by atoms with Gasteiger partial charge < -0.3 is 9.92 Å². The molecule has 2 N–H and O–H groups in total. The van der Waals surface area contributed by atoms with E-state index < -0.39 is 22.1 Å². The highest BCUT2D eigenvalue weighted by molar-refractivity contribution is 7.87. The molecule has 1 aliphatic rings. The van der Waals surface area contributed by atoms with Gasteiger partial charge in [-0.25, -0.2) is 0 Å². The molecule has 0 aliphatic carbocycles. The molecule has 1 amide bonds.